The topological polar surface area (TPSA) is 62.8 Å². The third-order valence-electron chi connectivity index (χ3n) is 4.30. The van der Waals surface area contributed by atoms with Crippen LogP contribution in [0.15, 0.2) is 65.5 Å². The molecule has 0 saturated heterocycles. The van der Waals surface area contributed by atoms with Crippen molar-refractivity contribution in [1.82, 2.24) is 9.97 Å². The number of halogens is 1. The normalized spacial score (nSPS) is 11.3. The van der Waals surface area contributed by atoms with E-state index in [1.165, 1.54) is 18.2 Å². The Morgan fingerprint density at radius 1 is 1.08 bits per heavy atom. The molecule has 0 fully saturated rings. The number of nitrogens with zero attached hydrogens (tertiary/aromatic N) is 1. The minimum Gasteiger partial charge on any atom is -0.306 e. The highest BCUT2D eigenvalue weighted by molar-refractivity contribution is 5.95. The molecule has 5 heteroatoms. The summed E-state index contributed by atoms with van der Waals surface area (Å²) in [5.41, 5.74) is 0.823. The van der Waals surface area contributed by atoms with Crippen molar-refractivity contribution < 1.29 is 9.18 Å². The first-order chi connectivity index (χ1) is 12.3. The van der Waals surface area contributed by atoms with Crippen LogP contribution in [0.3, 0.4) is 0 Å². The Kier molecular flexibility index (Phi) is 4.80. The second-order valence-corrected chi connectivity index (χ2v) is 6.84. The maximum absolute atomic E-state index is 13.1. The van der Waals surface area contributed by atoms with E-state index in [0.29, 0.717) is 5.82 Å². The van der Waals surface area contributed by atoms with Crippen molar-refractivity contribution in [3.8, 4) is 11.4 Å². The average Bonchev–Trinajstić information content (AvgIpc) is 2.62. The lowest BCUT2D eigenvalue weighted by atomic mass is 9.79. The number of carbonyl (C=O) groups excluding carboxylic acids is 1. The van der Waals surface area contributed by atoms with Gasteiger partial charge in [-0.3, -0.25) is 9.59 Å². The molecule has 1 heterocycles. The van der Waals surface area contributed by atoms with Gasteiger partial charge in [0.05, 0.1) is 0 Å². The number of aromatic nitrogens is 2. The first-order valence-electron chi connectivity index (χ1n) is 8.31. The van der Waals surface area contributed by atoms with Gasteiger partial charge in [0, 0.05) is 18.1 Å². The van der Waals surface area contributed by atoms with Crippen LogP contribution in [-0.2, 0) is 5.41 Å². The molecule has 3 aromatic rings. The molecule has 4 nitrogen and oxygen atoms in total. The lowest BCUT2D eigenvalue weighted by Gasteiger charge is -2.24. The fraction of sp³-hybridized carbons (Fsp3) is 0.190. The molecule has 0 unspecified atom stereocenters. The molecule has 2 aromatic carbocycles. The van der Waals surface area contributed by atoms with E-state index >= 15 is 0 Å². The van der Waals surface area contributed by atoms with Crippen LogP contribution < -0.4 is 5.56 Å². The molecule has 0 bridgehead atoms. The number of Topliss-reactive ketones (excluding diaryl/α,β-unsaturated/α-hetero) is 1. The minimum absolute atomic E-state index is 0.128. The summed E-state index contributed by atoms with van der Waals surface area (Å²) in [7, 11) is 0. The molecule has 3 rings (SSSR count). The minimum atomic E-state index is -0.512. The monoisotopic (exact) mass is 350 g/mol. The van der Waals surface area contributed by atoms with E-state index in [-0.39, 0.29) is 29.3 Å². The molecule has 132 valence electrons. The predicted octanol–water partition coefficient (Wildman–Crippen LogP) is 4.13. The summed E-state index contributed by atoms with van der Waals surface area (Å²) in [6, 6.07) is 16.5. The number of benzene rings is 2. The van der Waals surface area contributed by atoms with E-state index in [2.05, 4.69) is 9.97 Å². The van der Waals surface area contributed by atoms with Crippen LogP contribution in [0, 0.1) is 5.82 Å². The highest BCUT2D eigenvalue weighted by Crippen LogP contribution is 2.28. The molecule has 0 aliphatic rings. The van der Waals surface area contributed by atoms with Gasteiger partial charge in [0.2, 0.25) is 0 Å². The number of H-pyrrole nitrogens is 1. The Hall–Kier alpha value is -3.08. The van der Waals surface area contributed by atoms with Gasteiger partial charge in [-0.15, -0.1) is 0 Å². The van der Waals surface area contributed by atoms with Gasteiger partial charge in [0.15, 0.2) is 5.78 Å². The molecule has 1 aromatic heterocycles. The average molecular weight is 350 g/mol. The summed E-state index contributed by atoms with van der Waals surface area (Å²) in [5.74, 6) is -0.191. The molecule has 0 amide bonds. The summed E-state index contributed by atoms with van der Waals surface area (Å²) in [6.45, 7) is 3.81. The van der Waals surface area contributed by atoms with Gasteiger partial charge >= 0.3 is 0 Å². The molecule has 26 heavy (non-hydrogen) atoms. The molecule has 0 spiro atoms. The van der Waals surface area contributed by atoms with Crippen LogP contribution in [0.1, 0.15) is 36.3 Å². The fourth-order valence-corrected chi connectivity index (χ4v) is 2.83. The van der Waals surface area contributed by atoms with Gasteiger partial charge in [-0.2, -0.15) is 0 Å². The largest absolute Gasteiger partial charge is 0.306 e. The van der Waals surface area contributed by atoms with Crippen molar-refractivity contribution in [3.63, 3.8) is 0 Å². The van der Waals surface area contributed by atoms with Crippen molar-refractivity contribution >= 4 is 5.78 Å². The Bertz CT molecular complexity index is 977. The smallest absolute Gasteiger partial charge is 0.251 e. The molecule has 0 radical (unpaired) electrons. The van der Waals surface area contributed by atoms with Crippen LogP contribution in [0.5, 0.6) is 0 Å². The number of nitrogens with one attached hydrogen (secondary N) is 1. The third kappa shape index (κ3) is 3.94. The zero-order chi connectivity index (χ0) is 18.7. The van der Waals surface area contributed by atoms with E-state index in [9.17, 15) is 14.0 Å². The second-order valence-electron chi connectivity index (χ2n) is 6.84. The molecule has 0 aliphatic carbocycles. The zero-order valence-electron chi connectivity index (χ0n) is 14.6. The van der Waals surface area contributed by atoms with Crippen molar-refractivity contribution in [2.75, 3.05) is 0 Å². The molecule has 1 N–H and O–H groups in total. The van der Waals surface area contributed by atoms with Crippen molar-refractivity contribution in [1.29, 1.82) is 0 Å². The third-order valence-corrected chi connectivity index (χ3v) is 4.30. The van der Waals surface area contributed by atoms with Crippen LogP contribution in [0.2, 0.25) is 0 Å². The van der Waals surface area contributed by atoms with Crippen molar-refractivity contribution in [2.45, 2.75) is 25.7 Å². The molecule has 0 saturated carbocycles. The predicted molar refractivity (Wildman–Crippen MR) is 98.7 cm³/mol. The van der Waals surface area contributed by atoms with Gasteiger partial charge in [0.1, 0.15) is 17.3 Å². The van der Waals surface area contributed by atoms with Gasteiger partial charge in [-0.25, -0.2) is 9.37 Å². The first kappa shape index (κ1) is 17.7. The second kappa shape index (κ2) is 7.04. The number of carbonyl (C=O) groups is 1. The van der Waals surface area contributed by atoms with E-state index in [1.54, 1.807) is 12.1 Å². The maximum Gasteiger partial charge on any atom is 0.251 e. The molecular weight excluding hydrogens is 331 g/mol. The number of rotatable bonds is 5. The number of ketones is 1. The van der Waals surface area contributed by atoms with E-state index in [1.807, 2.05) is 44.2 Å². The Labute approximate surface area is 150 Å². The summed E-state index contributed by atoms with van der Waals surface area (Å²) in [4.78, 5) is 31.7. The molecule has 0 aliphatic heterocycles. The number of hydrogen-bond donors (Lipinski definition) is 1. The fourth-order valence-electron chi connectivity index (χ4n) is 2.83. The van der Waals surface area contributed by atoms with E-state index in [4.69, 9.17) is 0 Å². The van der Waals surface area contributed by atoms with Crippen LogP contribution in [-0.4, -0.2) is 15.8 Å². The Morgan fingerprint density at radius 3 is 2.38 bits per heavy atom. The van der Waals surface area contributed by atoms with Gasteiger partial charge in [-0.05, 0) is 23.1 Å². The van der Waals surface area contributed by atoms with Gasteiger partial charge in [-0.1, -0.05) is 56.3 Å². The summed E-state index contributed by atoms with van der Waals surface area (Å²) in [6.07, 6.45) is 0.156. The van der Waals surface area contributed by atoms with E-state index < -0.39 is 5.41 Å². The van der Waals surface area contributed by atoms with Crippen LogP contribution in [0.25, 0.3) is 11.4 Å². The highest BCUT2D eigenvalue weighted by Gasteiger charge is 2.26. The highest BCUT2D eigenvalue weighted by atomic mass is 19.1. The number of hydrogen-bond acceptors (Lipinski definition) is 3. The summed E-state index contributed by atoms with van der Waals surface area (Å²) in [5, 5.41) is 0. The van der Waals surface area contributed by atoms with Crippen LogP contribution >= 0.6 is 0 Å². The SMILES string of the molecule is CC(C)(CC(=O)c1cc(=O)[nH]c(-c2ccccc2)n1)c1ccc(F)cc1. The van der Waals surface area contributed by atoms with E-state index in [0.717, 1.165) is 11.1 Å². The van der Waals surface area contributed by atoms with Crippen LogP contribution in [0.4, 0.5) is 4.39 Å². The van der Waals surface area contributed by atoms with Gasteiger partial charge < -0.3 is 4.98 Å². The molecule has 0 atom stereocenters. The standard InChI is InChI=1S/C21H19FN2O2/c1-21(2,15-8-10-16(22)11-9-15)13-18(25)17-12-19(26)24-20(23-17)14-6-4-3-5-7-14/h3-12H,13H2,1-2H3,(H,23,24,26). The zero-order valence-corrected chi connectivity index (χ0v) is 14.6. The van der Waals surface area contributed by atoms with Gasteiger partial charge in [0.25, 0.3) is 5.56 Å². The molecular formula is C21H19FN2O2. The number of aromatic amines is 1. The lowest BCUT2D eigenvalue weighted by molar-refractivity contribution is 0.0953. The van der Waals surface area contributed by atoms with Crippen molar-refractivity contribution in [2.24, 2.45) is 0 Å². The quantitative estimate of drug-likeness (QED) is 0.704. The van der Waals surface area contributed by atoms with Crippen molar-refractivity contribution in [3.05, 3.63) is 88.1 Å². The summed E-state index contributed by atoms with van der Waals surface area (Å²) >= 11 is 0. The lowest BCUT2D eigenvalue weighted by Crippen LogP contribution is -2.24. The Balaban J connectivity index is 1.89. The summed E-state index contributed by atoms with van der Waals surface area (Å²) < 4.78 is 13.1. The first-order valence-corrected chi connectivity index (χ1v) is 8.31. The Morgan fingerprint density at radius 2 is 1.73 bits per heavy atom. The maximum atomic E-state index is 13.1.